The van der Waals surface area contributed by atoms with Gasteiger partial charge < -0.3 is 5.11 Å². The van der Waals surface area contributed by atoms with Gasteiger partial charge >= 0.3 is 0 Å². The molecule has 1 atom stereocenters. The van der Waals surface area contributed by atoms with Gasteiger partial charge in [0.1, 0.15) is 11.4 Å². The van der Waals surface area contributed by atoms with Gasteiger partial charge in [-0.15, -0.1) is 11.8 Å². The molecule has 78 valence electrons. The van der Waals surface area contributed by atoms with E-state index in [0.29, 0.717) is 0 Å². The molecule has 0 aliphatic carbocycles. The Morgan fingerprint density at radius 1 is 1.33 bits per heavy atom. The van der Waals surface area contributed by atoms with E-state index < -0.39 is 0 Å². The van der Waals surface area contributed by atoms with Gasteiger partial charge in [-0.1, -0.05) is 25.1 Å². The lowest BCUT2D eigenvalue weighted by Crippen LogP contribution is -2.02. The zero-order valence-corrected chi connectivity index (χ0v) is 9.24. The quantitative estimate of drug-likeness (QED) is 0.635. The van der Waals surface area contributed by atoms with E-state index in [2.05, 4.69) is 9.97 Å². The van der Waals surface area contributed by atoms with Crippen LogP contribution >= 0.6 is 11.8 Å². The molecule has 4 heteroatoms. The van der Waals surface area contributed by atoms with Gasteiger partial charge in [-0.25, -0.2) is 9.97 Å². The van der Waals surface area contributed by atoms with Crippen LogP contribution in [-0.4, -0.2) is 26.9 Å². The van der Waals surface area contributed by atoms with Crippen LogP contribution in [0.4, 0.5) is 0 Å². The van der Waals surface area contributed by atoms with Gasteiger partial charge in [0.2, 0.25) is 0 Å². The topological polar surface area (TPSA) is 46.0 Å². The van der Waals surface area contributed by atoms with E-state index >= 15 is 0 Å². The molecule has 0 aliphatic rings. The third-order valence-electron chi connectivity index (χ3n) is 2.08. The number of para-hydroxylation sites is 1. The Morgan fingerprint density at radius 2 is 2.13 bits per heavy atom. The first-order valence-corrected chi connectivity index (χ1v) is 5.66. The molecule has 15 heavy (non-hydrogen) atoms. The second-order valence-electron chi connectivity index (χ2n) is 3.31. The Labute approximate surface area is 92.6 Å². The highest BCUT2D eigenvalue weighted by Gasteiger charge is 2.07. The van der Waals surface area contributed by atoms with Gasteiger partial charge in [-0.05, 0) is 6.07 Å². The number of thioether (sulfide) groups is 1. The van der Waals surface area contributed by atoms with E-state index in [0.717, 1.165) is 15.9 Å². The first-order valence-electron chi connectivity index (χ1n) is 4.78. The first-order chi connectivity index (χ1) is 7.31. The number of rotatable bonds is 3. The number of fused-ring (bicyclic) bond motifs is 1. The van der Waals surface area contributed by atoms with Crippen molar-refractivity contribution in [2.45, 2.75) is 17.2 Å². The van der Waals surface area contributed by atoms with Gasteiger partial charge in [0.15, 0.2) is 0 Å². The molecule has 1 N–H and O–H groups in total. The first kappa shape index (κ1) is 10.4. The molecule has 0 saturated heterocycles. The monoisotopic (exact) mass is 220 g/mol. The van der Waals surface area contributed by atoms with Gasteiger partial charge in [-0.2, -0.15) is 0 Å². The van der Waals surface area contributed by atoms with Crippen LogP contribution in [0.5, 0.6) is 0 Å². The zero-order chi connectivity index (χ0) is 10.7. The van der Waals surface area contributed by atoms with Crippen molar-refractivity contribution in [3.05, 3.63) is 30.6 Å². The molecular weight excluding hydrogens is 208 g/mol. The van der Waals surface area contributed by atoms with E-state index in [-0.39, 0.29) is 11.9 Å². The van der Waals surface area contributed by atoms with Crippen LogP contribution in [0, 0.1) is 0 Å². The molecule has 0 amide bonds. The summed E-state index contributed by atoms with van der Waals surface area (Å²) in [5.41, 5.74) is 0.945. The lowest BCUT2D eigenvalue weighted by Gasteiger charge is -2.08. The number of nitrogens with zero attached hydrogens (tertiary/aromatic N) is 2. The Morgan fingerprint density at radius 3 is 2.93 bits per heavy atom. The molecule has 0 saturated carbocycles. The molecular formula is C11H12N2OS. The summed E-state index contributed by atoms with van der Waals surface area (Å²) in [6.07, 6.45) is 1.56. The molecule has 3 nitrogen and oxygen atoms in total. The van der Waals surface area contributed by atoms with Crippen LogP contribution in [0.2, 0.25) is 0 Å². The van der Waals surface area contributed by atoms with E-state index in [1.54, 1.807) is 18.1 Å². The average molecular weight is 220 g/mol. The normalized spacial score (nSPS) is 12.9. The van der Waals surface area contributed by atoms with E-state index in [1.165, 1.54) is 0 Å². The molecule has 0 aliphatic heterocycles. The predicted octanol–water partition coefficient (Wildman–Crippen LogP) is 2.10. The summed E-state index contributed by atoms with van der Waals surface area (Å²) in [5, 5.41) is 11.1. The minimum atomic E-state index is 0.156. The summed E-state index contributed by atoms with van der Waals surface area (Å²) in [5.74, 6) is 0. The van der Waals surface area contributed by atoms with Crippen molar-refractivity contribution in [1.82, 2.24) is 9.97 Å². The highest BCUT2D eigenvalue weighted by Crippen LogP contribution is 2.27. The molecule has 0 bridgehead atoms. The van der Waals surface area contributed by atoms with Crippen molar-refractivity contribution in [1.29, 1.82) is 0 Å². The van der Waals surface area contributed by atoms with E-state index in [4.69, 9.17) is 5.11 Å². The van der Waals surface area contributed by atoms with Crippen LogP contribution < -0.4 is 0 Å². The lowest BCUT2D eigenvalue weighted by atomic mass is 10.2. The van der Waals surface area contributed by atoms with Crippen LogP contribution in [-0.2, 0) is 0 Å². The predicted molar refractivity (Wildman–Crippen MR) is 61.9 cm³/mol. The third-order valence-corrected chi connectivity index (χ3v) is 3.18. The van der Waals surface area contributed by atoms with Crippen molar-refractivity contribution in [2.75, 3.05) is 6.61 Å². The maximum absolute atomic E-state index is 9.00. The smallest absolute Gasteiger partial charge is 0.117 e. The van der Waals surface area contributed by atoms with Crippen molar-refractivity contribution < 1.29 is 5.11 Å². The standard InChI is InChI=1S/C11H12N2OS/c1-8(6-14)15-11-9-4-2-3-5-10(9)12-7-13-11/h2-5,7-8,14H,6H2,1H3. The molecule has 2 rings (SSSR count). The molecule has 1 heterocycles. The number of aliphatic hydroxyl groups excluding tert-OH is 1. The minimum Gasteiger partial charge on any atom is -0.395 e. The number of hydrogen-bond acceptors (Lipinski definition) is 4. The van der Waals surface area contributed by atoms with E-state index in [9.17, 15) is 0 Å². The fraction of sp³-hybridized carbons (Fsp3) is 0.273. The maximum Gasteiger partial charge on any atom is 0.117 e. The van der Waals surface area contributed by atoms with Crippen molar-refractivity contribution in [3.8, 4) is 0 Å². The Hall–Kier alpha value is -1.13. The minimum absolute atomic E-state index is 0.156. The summed E-state index contributed by atoms with van der Waals surface area (Å²) >= 11 is 1.57. The van der Waals surface area contributed by atoms with Crippen molar-refractivity contribution >= 4 is 22.7 Å². The molecule has 1 aromatic carbocycles. The van der Waals surface area contributed by atoms with Crippen LogP contribution in [0.3, 0.4) is 0 Å². The Kier molecular flexibility index (Phi) is 3.18. The fourth-order valence-electron chi connectivity index (χ4n) is 1.30. The van der Waals surface area contributed by atoms with Gasteiger partial charge in [-0.3, -0.25) is 0 Å². The maximum atomic E-state index is 9.00. The van der Waals surface area contributed by atoms with E-state index in [1.807, 2.05) is 31.2 Å². The van der Waals surface area contributed by atoms with Gasteiger partial charge in [0, 0.05) is 10.6 Å². The zero-order valence-electron chi connectivity index (χ0n) is 8.42. The van der Waals surface area contributed by atoms with Crippen molar-refractivity contribution in [2.24, 2.45) is 0 Å². The highest BCUT2D eigenvalue weighted by molar-refractivity contribution is 8.00. The largest absolute Gasteiger partial charge is 0.395 e. The number of aromatic nitrogens is 2. The average Bonchev–Trinajstić information content (AvgIpc) is 2.29. The SMILES string of the molecule is CC(CO)Sc1ncnc2ccccc12. The summed E-state index contributed by atoms with van der Waals surface area (Å²) in [7, 11) is 0. The highest BCUT2D eigenvalue weighted by atomic mass is 32.2. The fourth-order valence-corrected chi connectivity index (χ4v) is 2.17. The molecule has 0 spiro atoms. The molecule has 2 aromatic rings. The molecule has 1 unspecified atom stereocenters. The summed E-state index contributed by atoms with van der Waals surface area (Å²) in [4.78, 5) is 8.42. The van der Waals surface area contributed by atoms with Crippen LogP contribution in [0.25, 0.3) is 10.9 Å². The Balaban J connectivity index is 2.42. The molecule has 1 aromatic heterocycles. The summed E-state index contributed by atoms with van der Waals surface area (Å²) in [6, 6.07) is 7.89. The van der Waals surface area contributed by atoms with Crippen molar-refractivity contribution in [3.63, 3.8) is 0 Å². The number of hydrogen-bond donors (Lipinski definition) is 1. The molecule has 0 fully saturated rings. The van der Waals surface area contributed by atoms with Crippen LogP contribution in [0.1, 0.15) is 6.92 Å². The summed E-state index contributed by atoms with van der Waals surface area (Å²) in [6.45, 7) is 2.13. The second kappa shape index (κ2) is 4.59. The van der Waals surface area contributed by atoms with Crippen LogP contribution in [0.15, 0.2) is 35.6 Å². The number of benzene rings is 1. The molecule has 0 radical (unpaired) electrons. The number of aliphatic hydroxyl groups is 1. The lowest BCUT2D eigenvalue weighted by molar-refractivity contribution is 0.300. The summed E-state index contributed by atoms with van der Waals surface area (Å²) < 4.78 is 0. The third kappa shape index (κ3) is 2.27. The second-order valence-corrected chi connectivity index (χ2v) is 4.73. The Bertz CT molecular complexity index is 456. The van der Waals surface area contributed by atoms with Gasteiger partial charge in [0.05, 0.1) is 12.1 Å². The van der Waals surface area contributed by atoms with Gasteiger partial charge in [0.25, 0.3) is 0 Å².